The van der Waals surface area contributed by atoms with E-state index in [0.29, 0.717) is 24.2 Å². The van der Waals surface area contributed by atoms with E-state index in [-0.39, 0.29) is 17.6 Å². The second-order valence-electron chi connectivity index (χ2n) is 5.29. The molecule has 6 heteroatoms. The lowest BCUT2D eigenvalue weighted by molar-refractivity contribution is -0.125. The standard InChI is InChI=1S/C15H20FN3O2/c1-3-10-4-5-11(8-12(10)16)18-15(21)19-13-9(2)6-7-17-14(13)20/h4-5,8-9,13H,3,6-7H2,1-2H3,(H,17,20)(H2,18,19,21)/t9-,13-/m0/s1. The van der Waals surface area contributed by atoms with Crippen LogP contribution in [-0.4, -0.2) is 24.5 Å². The number of aryl methyl sites for hydroxylation is 1. The lowest BCUT2D eigenvalue weighted by Crippen LogP contribution is -2.55. The smallest absolute Gasteiger partial charge is 0.319 e. The van der Waals surface area contributed by atoms with Gasteiger partial charge in [-0.3, -0.25) is 4.79 Å². The third-order valence-electron chi connectivity index (χ3n) is 3.73. The van der Waals surface area contributed by atoms with Gasteiger partial charge in [0.25, 0.3) is 0 Å². The van der Waals surface area contributed by atoms with Crippen molar-refractivity contribution in [1.82, 2.24) is 10.6 Å². The molecule has 1 aliphatic rings. The Morgan fingerprint density at radius 3 is 2.86 bits per heavy atom. The van der Waals surface area contributed by atoms with Crippen LogP contribution in [0, 0.1) is 11.7 Å². The van der Waals surface area contributed by atoms with Gasteiger partial charge >= 0.3 is 6.03 Å². The predicted molar refractivity (Wildman–Crippen MR) is 78.5 cm³/mol. The molecule has 21 heavy (non-hydrogen) atoms. The van der Waals surface area contributed by atoms with E-state index in [1.54, 1.807) is 12.1 Å². The second kappa shape index (κ2) is 6.56. The third-order valence-corrected chi connectivity index (χ3v) is 3.73. The Hall–Kier alpha value is -2.11. The molecule has 2 atom stereocenters. The van der Waals surface area contributed by atoms with Crippen molar-refractivity contribution < 1.29 is 14.0 Å². The summed E-state index contributed by atoms with van der Waals surface area (Å²) in [5.41, 5.74) is 0.965. The fourth-order valence-corrected chi connectivity index (χ4v) is 2.39. The summed E-state index contributed by atoms with van der Waals surface area (Å²) in [6.07, 6.45) is 1.41. The van der Waals surface area contributed by atoms with E-state index in [0.717, 1.165) is 6.42 Å². The average molecular weight is 293 g/mol. The van der Waals surface area contributed by atoms with Crippen LogP contribution in [0.2, 0.25) is 0 Å². The Morgan fingerprint density at radius 2 is 2.24 bits per heavy atom. The van der Waals surface area contributed by atoms with Crippen LogP contribution in [0.3, 0.4) is 0 Å². The number of hydrogen-bond donors (Lipinski definition) is 3. The number of hydrogen-bond acceptors (Lipinski definition) is 2. The molecule has 0 aromatic heterocycles. The molecule has 3 N–H and O–H groups in total. The number of carbonyl (C=O) groups is 2. The Kier molecular flexibility index (Phi) is 4.77. The highest BCUT2D eigenvalue weighted by Crippen LogP contribution is 2.16. The van der Waals surface area contributed by atoms with E-state index in [2.05, 4.69) is 16.0 Å². The molecular formula is C15H20FN3O2. The molecule has 0 unspecified atom stereocenters. The van der Waals surface area contributed by atoms with Crippen LogP contribution in [-0.2, 0) is 11.2 Å². The normalized spacial score (nSPS) is 21.6. The van der Waals surface area contributed by atoms with Crippen LogP contribution in [0.15, 0.2) is 18.2 Å². The summed E-state index contributed by atoms with van der Waals surface area (Å²) >= 11 is 0. The molecule has 0 saturated carbocycles. The van der Waals surface area contributed by atoms with Crippen molar-refractivity contribution in [3.8, 4) is 0 Å². The first-order valence-corrected chi connectivity index (χ1v) is 7.15. The lowest BCUT2D eigenvalue weighted by atomic mass is 9.94. The number of nitrogens with one attached hydrogen (secondary N) is 3. The van der Waals surface area contributed by atoms with Crippen molar-refractivity contribution in [3.05, 3.63) is 29.6 Å². The van der Waals surface area contributed by atoms with E-state index in [9.17, 15) is 14.0 Å². The van der Waals surface area contributed by atoms with Gasteiger partial charge in [-0.05, 0) is 36.5 Å². The number of benzene rings is 1. The SMILES string of the molecule is CCc1ccc(NC(=O)N[C@@H]2C(=O)NCC[C@@H]2C)cc1F. The number of halogens is 1. The minimum atomic E-state index is -0.557. The maximum absolute atomic E-state index is 13.6. The van der Waals surface area contributed by atoms with Gasteiger partial charge in [-0.1, -0.05) is 19.9 Å². The van der Waals surface area contributed by atoms with Gasteiger partial charge in [0.05, 0.1) is 0 Å². The van der Waals surface area contributed by atoms with Crippen LogP contribution in [0.5, 0.6) is 0 Å². The zero-order valence-electron chi connectivity index (χ0n) is 12.2. The van der Waals surface area contributed by atoms with Crippen molar-refractivity contribution >= 4 is 17.6 Å². The van der Waals surface area contributed by atoms with Gasteiger partial charge in [0, 0.05) is 12.2 Å². The molecule has 2 rings (SSSR count). The topological polar surface area (TPSA) is 70.2 Å². The molecule has 3 amide bonds. The number of urea groups is 1. The molecule has 0 spiro atoms. The van der Waals surface area contributed by atoms with E-state index in [1.165, 1.54) is 6.07 Å². The fraction of sp³-hybridized carbons (Fsp3) is 0.467. The van der Waals surface area contributed by atoms with Gasteiger partial charge < -0.3 is 16.0 Å². The summed E-state index contributed by atoms with van der Waals surface area (Å²) in [7, 11) is 0. The first-order valence-electron chi connectivity index (χ1n) is 7.15. The zero-order valence-corrected chi connectivity index (χ0v) is 12.2. The minimum absolute atomic E-state index is 0.0729. The number of piperidine rings is 1. The summed E-state index contributed by atoms with van der Waals surface area (Å²) in [5.74, 6) is -0.459. The highest BCUT2D eigenvalue weighted by molar-refractivity contribution is 5.94. The molecule has 0 aliphatic carbocycles. The largest absolute Gasteiger partial charge is 0.354 e. The summed E-state index contributed by atoms with van der Waals surface area (Å²) < 4.78 is 13.6. The van der Waals surface area contributed by atoms with Crippen molar-refractivity contribution in [2.45, 2.75) is 32.7 Å². The number of anilines is 1. The first kappa shape index (κ1) is 15.3. The monoisotopic (exact) mass is 293 g/mol. The summed E-state index contributed by atoms with van der Waals surface area (Å²) in [6.45, 7) is 4.41. The first-order chi connectivity index (χ1) is 10.0. The molecule has 5 nitrogen and oxygen atoms in total. The van der Waals surface area contributed by atoms with Gasteiger partial charge in [0.2, 0.25) is 5.91 Å². The molecule has 0 radical (unpaired) electrons. The predicted octanol–water partition coefficient (Wildman–Crippen LogP) is 2.03. The van der Waals surface area contributed by atoms with Gasteiger partial charge in [0.1, 0.15) is 11.9 Å². The molecular weight excluding hydrogens is 273 g/mol. The Morgan fingerprint density at radius 1 is 1.48 bits per heavy atom. The van der Waals surface area contributed by atoms with E-state index < -0.39 is 12.1 Å². The number of amides is 3. The maximum Gasteiger partial charge on any atom is 0.319 e. The molecule has 114 valence electrons. The molecule has 0 bridgehead atoms. The minimum Gasteiger partial charge on any atom is -0.354 e. The second-order valence-corrected chi connectivity index (χ2v) is 5.29. The zero-order chi connectivity index (χ0) is 15.4. The van der Waals surface area contributed by atoms with E-state index in [1.807, 2.05) is 13.8 Å². The Balaban J connectivity index is 1.98. The van der Waals surface area contributed by atoms with E-state index >= 15 is 0 Å². The van der Waals surface area contributed by atoms with Crippen molar-refractivity contribution in [1.29, 1.82) is 0 Å². The van der Waals surface area contributed by atoms with E-state index in [4.69, 9.17) is 0 Å². The quantitative estimate of drug-likeness (QED) is 0.798. The van der Waals surface area contributed by atoms with Crippen LogP contribution in [0.4, 0.5) is 14.9 Å². The molecule has 1 heterocycles. The van der Waals surface area contributed by atoms with Crippen LogP contribution < -0.4 is 16.0 Å². The average Bonchev–Trinajstić information content (AvgIpc) is 2.43. The molecule has 1 aromatic carbocycles. The van der Waals surface area contributed by atoms with Gasteiger partial charge in [-0.2, -0.15) is 0 Å². The third kappa shape index (κ3) is 3.71. The van der Waals surface area contributed by atoms with Gasteiger partial charge in [-0.15, -0.1) is 0 Å². The number of carbonyl (C=O) groups excluding carboxylic acids is 2. The lowest BCUT2D eigenvalue weighted by Gasteiger charge is -2.28. The summed E-state index contributed by atoms with van der Waals surface area (Å²) in [5, 5.41) is 7.90. The summed E-state index contributed by atoms with van der Waals surface area (Å²) in [6, 6.07) is 3.50. The maximum atomic E-state index is 13.6. The van der Waals surface area contributed by atoms with Crippen LogP contribution in [0.1, 0.15) is 25.8 Å². The number of rotatable bonds is 3. The highest BCUT2D eigenvalue weighted by atomic mass is 19.1. The van der Waals surface area contributed by atoms with Crippen LogP contribution >= 0.6 is 0 Å². The Labute approximate surface area is 123 Å². The molecule has 1 saturated heterocycles. The molecule has 1 fully saturated rings. The van der Waals surface area contributed by atoms with Gasteiger partial charge in [0.15, 0.2) is 0 Å². The highest BCUT2D eigenvalue weighted by Gasteiger charge is 2.30. The van der Waals surface area contributed by atoms with Crippen molar-refractivity contribution in [2.24, 2.45) is 5.92 Å². The molecule has 1 aromatic rings. The van der Waals surface area contributed by atoms with Crippen molar-refractivity contribution in [2.75, 3.05) is 11.9 Å². The summed E-state index contributed by atoms with van der Waals surface area (Å²) in [4.78, 5) is 23.6. The molecule has 1 aliphatic heterocycles. The Bertz CT molecular complexity index is 548. The van der Waals surface area contributed by atoms with Gasteiger partial charge in [-0.25, -0.2) is 9.18 Å². The van der Waals surface area contributed by atoms with Crippen LogP contribution in [0.25, 0.3) is 0 Å². The fourth-order valence-electron chi connectivity index (χ4n) is 2.39. The van der Waals surface area contributed by atoms with Crippen molar-refractivity contribution in [3.63, 3.8) is 0 Å².